The van der Waals surface area contributed by atoms with E-state index in [4.69, 9.17) is 4.74 Å². The van der Waals surface area contributed by atoms with Crippen LogP contribution in [-0.2, 0) is 4.79 Å². The van der Waals surface area contributed by atoms with E-state index in [2.05, 4.69) is 21.6 Å². The van der Waals surface area contributed by atoms with Crippen LogP contribution < -0.4 is 15.4 Å². The van der Waals surface area contributed by atoms with E-state index in [0.29, 0.717) is 18.9 Å². The second-order valence-electron chi connectivity index (χ2n) is 6.79. The zero-order valence-corrected chi connectivity index (χ0v) is 15.2. The molecule has 5 heteroatoms. The van der Waals surface area contributed by atoms with E-state index in [1.54, 1.807) is 7.11 Å². The lowest BCUT2D eigenvalue weighted by atomic mass is 9.93. The van der Waals surface area contributed by atoms with Gasteiger partial charge in [-0.1, -0.05) is 12.1 Å². The minimum Gasteiger partial charge on any atom is -0.497 e. The molecule has 1 aliphatic rings. The standard InChI is InChI=1S/C19H31N3O2/c1-22(2)18(16-5-4-6-17(13-16)24-3)14-21-19(23)8-7-15-9-11-20-12-10-15/h4-6,13,15,18,20H,7-12,14H2,1-3H3,(H,21,23). The number of carbonyl (C=O) groups excluding carboxylic acids is 1. The summed E-state index contributed by atoms with van der Waals surface area (Å²) < 4.78 is 5.31. The molecule has 24 heavy (non-hydrogen) atoms. The van der Waals surface area contributed by atoms with Crippen molar-refractivity contribution in [2.75, 3.05) is 40.8 Å². The van der Waals surface area contributed by atoms with Gasteiger partial charge in [-0.05, 0) is 70.1 Å². The molecule has 2 N–H and O–H groups in total. The Morgan fingerprint density at radius 2 is 2.12 bits per heavy atom. The molecule has 1 atom stereocenters. The summed E-state index contributed by atoms with van der Waals surface area (Å²) in [5.74, 6) is 1.69. The van der Waals surface area contributed by atoms with Gasteiger partial charge >= 0.3 is 0 Å². The third-order valence-corrected chi connectivity index (χ3v) is 4.83. The second kappa shape index (κ2) is 9.64. The fourth-order valence-electron chi connectivity index (χ4n) is 3.25. The van der Waals surface area contributed by atoms with Crippen molar-refractivity contribution in [3.63, 3.8) is 0 Å². The van der Waals surface area contributed by atoms with Crippen molar-refractivity contribution in [3.05, 3.63) is 29.8 Å². The van der Waals surface area contributed by atoms with Gasteiger partial charge in [0.1, 0.15) is 5.75 Å². The molecule has 1 amide bonds. The number of benzene rings is 1. The van der Waals surface area contributed by atoms with E-state index in [0.717, 1.165) is 30.8 Å². The average molecular weight is 333 g/mol. The highest BCUT2D eigenvalue weighted by Gasteiger charge is 2.17. The lowest BCUT2D eigenvalue weighted by molar-refractivity contribution is -0.121. The summed E-state index contributed by atoms with van der Waals surface area (Å²) in [5.41, 5.74) is 1.15. The molecule has 1 aromatic carbocycles. The number of carbonyl (C=O) groups is 1. The Morgan fingerprint density at radius 1 is 1.38 bits per heavy atom. The Bertz CT molecular complexity index is 513. The van der Waals surface area contributed by atoms with Crippen LogP contribution in [-0.4, -0.2) is 51.6 Å². The van der Waals surface area contributed by atoms with Crippen molar-refractivity contribution in [1.82, 2.24) is 15.5 Å². The Kier molecular flexibility index (Phi) is 7.53. The van der Waals surface area contributed by atoms with Gasteiger partial charge in [0.2, 0.25) is 5.91 Å². The molecule has 0 aliphatic carbocycles. The summed E-state index contributed by atoms with van der Waals surface area (Å²) in [6.45, 7) is 2.79. The second-order valence-corrected chi connectivity index (χ2v) is 6.79. The number of piperidine rings is 1. The molecule has 1 aromatic rings. The quantitative estimate of drug-likeness (QED) is 0.766. The van der Waals surface area contributed by atoms with Crippen LogP contribution >= 0.6 is 0 Å². The summed E-state index contributed by atoms with van der Waals surface area (Å²) >= 11 is 0. The van der Waals surface area contributed by atoms with E-state index in [1.165, 1.54) is 12.8 Å². The maximum atomic E-state index is 12.2. The van der Waals surface area contributed by atoms with Gasteiger partial charge < -0.3 is 20.3 Å². The zero-order valence-electron chi connectivity index (χ0n) is 15.2. The molecule has 0 aromatic heterocycles. The zero-order chi connectivity index (χ0) is 17.4. The predicted octanol–water partition coefficient (Wildman–Crippen LogP) is 2.19. The molecule has 1 heterocycles. The molecule has 0 saturated carbocycles. The maximum Gasteiger partial charge on any atom is 0.220 e. The van der Waals surface area contributed by atoms with Gasteiger partial charge in [-0.3, -0.25) is 4.79 Å². The van der Waals surface area contributed by atoms with E-state index < -0.39 is 0 Å². The van der Waals surface area contributed by atoms with Crippen LogP contribution in [0.25, 0.3) is 0 Å². The van der Waals surface area contributed by atoms with Crippen molar-refractivity contribution in [2.24, 2.45) is 5.92 Å². The Labute approximate surface area is 145 Å². The summed E-state index contributed by atoms with van der Waals surface area (Å²) in [4.78, 5) is 14.3. The number of rotatable bonds is 8. The van der Waals surface area contributed by atoms with Crippen molar-refractivity contribution in [1.29, 1.82) is 0 Å². The molecule has 0 radical (unpaired) electrons. The van der Waals surface area contributed by atoms with E-state index in [1.807, 2.05) is 32.3 Å². The van der Waals surface area contributed by atoms with E-state index in [-0.39, 0.29) is 11.9 Å². The maximum absolute atomic E-state index is 12.2. The number of methoxy groups -OCH3 is 1. The number of hydrogen-bond acceptors (Lipinski definition) is 4. The first-order chi connectivity index (χ1) is 11.6. The number of nitrogens with one attached hydrogen (secondary N) is 2. The van der Waals surface area contributed by atoms with Crippen molar-refractivity contribution < 1.29 is 9.53 Å². The van der Waals surface area contributed by atoms with Gasteiger partial charge in [0.25, 0.3) is 0 Å². The molecular formula is C19H31N3O2. The van der Waals surface area contributed by atoms with Crippen LogP contribution in [0.1, 0.15) is 37.3 Å². The van der Waals surface area contributed by atoms with Gasteiger partial charge in [0.15, 0.2) is 0 Å². The summed E-state index contributed by atoms with van der Waals surface area (Å²) in [6, 6.07) is 8.18. The highest BCUT2D eigenvalue weighted by atomic mass is 16.5. The number of hydrogen-bond donors (Lipinski definition) is 2. The van der Waals surface area contributed by atoms with Crippen LogP contribution in [0.15, 0.2) is 24.3 Å². The SMILES string of the molecule is COc1cccc(C(CNC(=O)CCC2CCNCC2)N(C)C)c1. The number of likely N-dealkylation sites (N-methyl/N-ethyl adjacent to an activating group) is 1. The van der Waals surface area contributed by atoms with Crippen LogP contribution in [0.5, 0.6) is 5.75 Å². The molecule has 0 bridgehead atoms. The third-order valence-electron chi connectivity index (χ3n) is 4.83. The first-order valence-electron chi connectivity index (χ1n) is 8.88. The van der Waals surface area contributed by atoms with E-state index >= 15 is 0 Å². The summed E-state index contributed by atoms with van der Waals surface area (Å²) in [5, 5.41) is 6.47. The summed E-state index contributed by atoms with van der Waals surface area (Å²) in [7, 11) is 5.74. The number of nitrogens with zero attached hydrogens (tertiary/aromatic N) is 1. The van der Waals surface area contributed by atoms with Crippen LogP contribution in [0.2, 0.25) is 0 Å². The molecule has 1 aliphatic heterocycles. The molecule has 2 rings (SSSR count). The first kappa shape index (κ1) is 18.7. The van der Waals surface area contributed by atoms with Gasteiger partial charge in [-0.15, -0.1) is 0 Å². The minimum atomic E-state index is 0.142. The lowest BCUT2D eigenvalue weighted by Gasteiger charge is -2.26. The molecule has 5 nitrogen and oxygen atoms in total. The molecule has 1 unspecified atom stereocenters. The monoisotopic (exact) mass is 333 g/mol. The summed E-state index contributed by atoms with van der Waals surface area (Å²) in [6.07, 6.45) is 4.01. The van der Waals surface area contributed by atoms with Crippen LogP contribution in [0.3, 0.4) is 0 Å². The van der Waals surface area contributed by atoms with Crippen molar-refractivity contribution in [2.45, 2.75) is 31.7 Å². The largest absolute Gasteiger partial charge is 0.497 e. The van der Waals surface area contributed by atoms with Crippen molar-refractivity contribution in [3.8, 4) is 5.75 Å². The molecule has 134 valence electrons. The van der Waals surface area contributed by atoms with Gasteiger partial charge in [0, 0.05) is 13.0 Å². The fraction of sp³-hybridized carbons (Fsp3) is 0.632. The molecule has 0 spiro atoms. The highest BCUT2D eigenvalue weighted by Crippen LogP contribution is 2.22. The Balaban J connectivity index is 1.83. The van der Waals surface area contributed by atoms with Crippen LogP contribution in [0, 0.1) is 5.92 Å². The first-order valence-corrected chi connectivity index (χ1v) is 8.88. The van der Waals surface area contributed by atoms with Gasteiger partial charge in [0.05, 0.1) is 13.2 Å². The van der Waals surface area contributed by atoms with Gasteiger partial charge in [-0.2, -0.15) is 0 Å². The van der Waals surface area contributed by atoms with E-state index in [9.17, 15) is 4.79 Å². The Morgan fingerprint density at radius 3 is 2.79 bits per heavy atom. The van der Waals surface area contributed by atoms with Gasteiger partial charge in [-0.25, -0.2) is 0 Å². The fourth-order valence-corrected chi connectivity index (χ4v) is 3.25. The number of amides is 1. The average Bonchev–Trinajstić information content (AvgIpc) is 2.61. The minimum absolute atomic E-state index is 0.142. The topological polar surface area (TPSA) is 53.6 Å². The highest BCUT2D eigenvalue weighted by molar-refractivity contribution is 5.75. The lowest BCUT2D eigenvalue weighted by Crippen LogP contribution is -2.35. The number of ether oxygens (including phenoxy) is 1. The molecule has 1 saturated heterocycles. The van der Waals surface area contributed by atoms with Crippen LogP contribution in [0.4, 0.5) is 0 Å². The smallest absolute Gasteiger partial charge is 0.220 e. The predicted molar refractivity (Wildman–Crippen MR) is 97.3 cm³/mol. The normalized spacial score (nSPS) is 16.8. The molecule has 1 fully saturated rings. The Hall–Kier alpha value is -1.59. The van der Waals surface area contributed by atoms with Crippen molar-refractivity contribution >= 4 is 5.91 Å². The molecular weight excluding hydrogens is 302 g/mol. The third kappa shape index (κ3) is 5.80.